The lowest BCUT2D eigenvalue weighted by Gasteiger charge is -2.56. The van der Waals surface area contributed by atoms with Gasteiger partial charge in [-0.2, -0.15) is 4.98 Å². The van der Waals surface area contributed by atoms with E-state index in [1.54, 1.807) is 0 Å². The number of rotatable bonds is 3. The Hall–Kier alpha value is -2.17. The van der Waals surface area contributed by atoms with Crippen LogP contribution in [0.5, 0.6) is 0 Å². The second-order valence-electron chi connectivity index (χ2n) is 10.2. The van der Waals surface area contributed by atoms with Gasteiger partial charge < -0.3 is 9.42 Å². The SMILES string of the molecule is Cc1cccc(-c2noc(C3CCCN3C(=O)C34CC5CC(CC(C5)C3)C4)n2)c1. The lowest BCUT2D eigenvalue weighted by molar-refractivity contribution is -0.159. The molecule has 5 heteroatoms. The molecule has 1 atom stereocenters. The lowest BCUT2D eigenvalue weighted by Crippen LogP contribution is -2.54. The molecule has 29 heavy (non-hydrogen) atoms. The Kier molecular flexibility index (Phi) is 3.91. The second kappa shape index (κ2) is 6.41. The van der Waals surface area contributed by atoms with E-state index in [2.05, 4.69) is 29.1 Å². The molecule has 4 aliphatic carbocycles. The van der Waals surface area contributed by atoms with Crippen molar-refractivity contribution in [3.05, 3.63) is 35.7 Å². The maximum atomic E-state index is 13.8. The van der Waals surface area contributed by atoms with Gasteiger partial charge in [-0.25, -0.2) is 0 Å². The zero-order chi connectivity index (χ0) is 19.6. The van der Waals surface area contributed by atoms with Crippen LogP contribution in [-0.2, 0) is 4.79 Å². The number of benzene rings is 1. The summed E-state index contributed by atoms with van der Waals surface area (Å²) in [5.41, 5.74) is 2.04. The van der Waals surface area contributed by atoms with Crippen LogP contribution in [0.25, 0.3) is 11.4 Å². The minimum Gasteiger partial charge on any atom is -0.337 e. The van der Waals surface area contributed by atoms with Gasteiger partial charge in [-0.1, -0.05) is 28.9 Å². The molecule has 5 nitrogen and oxygen atoms in total. The number of hydrogen-bond acceptors (Lipinski definition) is 4. The van der Waals surface area contributed by atoms with E-state index >= 15 is 0 Å². The first-order valence-electron chi connectivity index (χ1n) is 11.3. The van der Waals surface area contributed by atoms with E-state index in [1.165, 1.54) is 24.8 Å². The van der Waals surface area contributed by atoms with Crippen LogP contribution >= 0.6 is 0 Å². The summed E-state index contributed by atoms with van der Waals surface area (Å²) in [6, 6.07) is 8.10. The van der Waals surface area contributed by atoms with Crippen LogP contribution in [0.15, 0.2) is 28.8 Å². The molecular formula is C24H29N3O2. The highest BCUT2D eigenvalue weighted by atomic mass is 16.5. The molecule has 1 unspecified atom stereocenters. The van der Waals surface area contributed by atoms with Gasteiger partial charge in [0.15, 0.2) is 0 Å². The largest absolute Gasteiger partial charge is 0.337 e. The molecule has 0 N–H and O–H groups in total. The number of carbonyl (C=O) groups excluding carboxylic acids is 1. The van der Waals surface area contributed by atoms with Gasteiger partial charge in [0.25, 0.3) is 0 Å². The molecule has 5 aliphatic rings. The zero-order valence-electron chi connectivity index (χ0n) is 17.1. The quantitative estimate of drug-likeness (QED) is 0.745. The minimum absolute atomic E-state index is 0.0541. The molecule has 4 saturated carbocycles. The van der Waals surface area contributed by atoms with Gasteiger partial charge in [-0.05, 0) is 82.1 Å². The Balaban J connectivity index is 1.27. The second-order valence-corrected chi connectivity index (χ2v) is 10.2. The van der Waals surface area contributed by atoms with Crippen molar-refractivity contribution in [1.29, 1.82) is 0 Å². The summed E-state index contributed by atoms with van der Waals surface area (Å²) < 4.78 is 5.69. The van der Waals surface area contributed by atoms with Crippen LogP contribution in [0.3, 0.4) is 0 Å². The molecule has 0 spiro atoms. The van der Waals surface area contributed by atoms with Gasteiger partial charge in [0.05, 0.1) is 5.41 Å². The Labute approximate surface area is 171 Å². The summed E-state index contributed by atoms with van der Waals surface area (Å²) in [5.74, 6) is 3.96. The molecule has 2 aromatic rings. The third kappa shape index (κ3) is 2.84. The summed E-state index contributed by atoms with van der Waals surface area (Å²) in [6.07, 6.45) is 9.36. The molecule has 1 aromatic carbocycles. The van der Waals surface area contributed by atoms with Crippen molar-refractivity contribution in [3.63, 3.8) is 0 Å². The van der Waals surface area contributed by atoms with E-state index in [1.807, 2.05) is 12.1 Å². The van der Waals surface area contributed by atoms with Crippen molar-refractivity contribution in [1.82, 2.24) is 15.0 Å². The van der Waals surface area contributed by atoms with Gasteiger partial charge in [0.2, 0.25) is 17.6 Å². The van der Waals surface area contributed by atoms with Crippen molar-refractivity contribution >= 4 is 5.91 Å². The minimum atomic E-state index is -0.100. The summed E-state index contributed by atoms with van der Waals surface area (Å²) >= 11 is 0. The van der Waals surface area contributed by atoms with Crippen LogP contribution in [-0.4, -0.2) is 27.5 Å². The summed E-state index contributed by atoms with van der Waals surface area (Å²) in [7, 11) is 0. The number of hydrogen-bond donors (Lipinski definition) is 0. The van der Waals surface area contributed by atoms with Crippen LogP contribution in [0.1, 0.15) is 68.9 Å². The average Bonchev–Trinajstić information content (AvgIpc) is 3.36. The highest BCUT2D eigenvalue weighted by Gasteiger charge is 2.56. The fourth-order valence-corrected chi connectivity index (χ4v) is 7.22. The Bertz CT molecular complexity index is 914. The number of aromatic nitrogens is 2. The van der Waals surface area contributed by atoms with E-state index in [0.29, 0.717) is 17.6 Å². The van der Waals surface area contributed by atoms with Crippen molar-refractivity contribution in [2.45, 2.75) is 64.3 Å². The monoisotopic (exact) mass is 391 g/mol. The normalized spacial score (nSPS) is 35.4. The molecule has 4 bridgehead atoms. The maximum Gasteiger partial charge on any atom is 0.249 e. The fraction of sp³-hybridized carbons (Fsp3) is 0.625. The van der Waals surface area contributed by atoms with E-state index in [4.69, 9.17) is 9.51 Å². The molecule has 1 amide bonds. The van der Waals surface area contributed by atoms with Gasteiger partial charge in [-0.15, -0.1) is 0 Å². The summed E-state index contributed by atoms with van der Waals surface area (Å²) in [5, 5.41) is 4.23. The van der Waals surface area contributed by atoms with E-state index in [-0.39, 0.29) is 11.5 Å². The standard InChI is InChI=1S/C24H29N3O2/c1-15-4-2-5-19(8-15)21-25-22(29-26-21)20-6-3-7-27(20)23(28)24-12-16-9-17(13-24)11-18(10-16)14-24/h2,4-5,8,16-18,20H,3,6-7,9-14H2,1H3. The predicted molar refractivity (Wildman–Crippen MR) is 109 cm³/mol. The van der Waals surface area contributed by atoms with Crippen molar-refractivity contribution in [2.75, 3.05) is 6.54 Å². The van der Waals surface area contributed by atoms with E-state index in [0.717, 1.165) is 62.0 Å². The maximum absolute atomic E-state index is 13.8. The molecule has 1 aromatic heterocycles. The van der Waals surface area contributed by atoms with Gasteiger partial charge in [0.1, 0.15) is 6.04 Å². The highest BCUT2D eigenvalue weighted by Crippen LogP contribution is 2.61. The van der Waals surface area contributed by atoms with Gasteiger partial charge >= 0.3 is 0 Å². The van der Waals surface area contributed by atoms with Crippen molar-refractivity contribution in [3.8, 4) is 11.4 Å². The molecule has 1 saturated heterocycles. The third-order valence-electron chi connectivity index (χ3n) is 8.01. The van der Waals surface area contributed by atoms with Gasteiger partial charge in [0, 0.05) is 12.1 Å². The smallest absolute Gasteiger partial charge is 0.249 e. The molecule has 7 rings (SSSR count). The van der Waals surface area contributed by atoms with Crippen LogP contribution in [0.4, 0.5) is 0 Å². The number of amides is 1. The Morgan fingerprint density at radius 3 is 2.55 bits per heavy atom. The topological polar surface area (TPSA) is 59.2 Å². The first kappa shape index (κ1) is 17.7. The fourth-order valence-electron chi connectivity index (χ4n) is 7.22. The summed E-state index contributed by atoms with van der Waals surface area (Å²) in [4.78, 5) is 20.6. The average molecular weight is 392 g/mol. The van der Waals surface area contributed by atoms with Crippen LogP contribution in [0, 0.1) is 30.1 Å². The highest BCUT2D eigenvalue weighted by molar-refractivity contribution is 5.84. The summed E-state index contributed by atoms with van der Waals surface area (Å²) in [6.45, 7) is 2.89. The van der Waals surface area contributed by atoms with Crippen molar-refractivity contribution in [2.24, 2.45) is 23.2 Å². The molecule has 0 radical (unpaired) electrons. The Morgan fingerprint density at radius 2 is 1.86 bits per heavy atom. The first-order valence-corrected chi connectivity index (χ1v) is 11.3. The molecule has 1 aliphatic heterocycles. The number of aryl methyl sites for hydroxylation is 1. The molecule has 2 heterocycles. The molecular weight excluding hydrogens is 362 g/mol. The first-order chi connectivity index (χ1) is 14.1. The number of likely N-dealkylation sites (tertiary alicyclic amines) is 1. The van der Waals surface area contributed by atoms with E-state index < -0.39 is 0 Å². The Morgan fingerprint density at radius 1 is 1.14 bits per heavy atom. The predicted octanol–water partition coefficient (Wildman–Crippen LogP) is 4.92. The number of carbonyl (C=O) groups is 1. The third-order valence-corrected chi connectivity index (χ3v) is 8.01. The number of nitrogens with zero attached hydrogens (tertiary/aromatic N) is 3. The lowest BCUT2D eigenvalue weighted by atomic mass is 9.49. The van der Waals surface area contributed by atoms with Crippen LogP contribution < -0.4 is 0 Å². The zero-order valence-corrected chi connectivity index (χ0v) is 17.1. The van der Waals surface area contributed by atoms with Gasteiger partial charge in [-0.3, -0.25) is 4.79 Å². The molecule has 152 valence electrons. The van der Waals surface area contributed by atoms with Crippen LogP contribution in [0.2, 0.25) is 0 Å². The van der Waals surface area contributed by atoms with E-state index in [9.17, 15) is 4.79 Å². The molecule has 5 fully saturated rings. The van der Waals surface area contributed by atoms with Crippen molar-refractivity contribution < 1.29 is 9.32 Å².